The van der Waals surface area contributed by atoms with Crippen molar-refractivity contribution in [3.05, 3.63) is 59.9 Å². The Morgan fingerprint density at radius 1 is 1.30 bits per heavy atom. The lowest BCUT2D eigenvalue weighted by atomic mass is 9.97. The van der Waals surface area contributed by atoms with Crippen LogP contribution < -0.4 is 10.1 Å². The molecule has 3 aromatic rings. The van der Waals surface area contributed by atoms with Crippen LogP contribution in [-0.4, -0.2) is 40.2 Å². The quantitative estimate of drug-likeness (QED) is 0.751. The van der Waals surface area contributed by atoms with Crippen LogP contribution in [0.5, 0.6) is 5.75 Å². The van der Waals surface area contributed by atoms with Gasteiger partial charge in [-0.15, -0.1) is 5.10 Å². The molecular formula is C20H22FN5O. The average molecular weight is 367 g/mol. The molecule has 0 spiro atoms. The first kappa shape index (κ1) is 17.6. The molecule has 1 unspecified atom stereocenters. The fourth-order valence-electron chi connectivity index (χ4n) is 3.50. The summed E-state index contributed by atoms with van der Waals surface area (Å²) in [5.41, 5.74) is 3.48. The lowest BCUT2D eigenvalue weighted by Crippen LogP contribution is -2.28. The van der Waals surface area contributed by atoms with Gasteiger partial charge in [-0.1, -0.05) is 5.21 Å². The van der Waals surface area contributed by atoms with E-state index in [1.165, 1.54) is 18.6 Å². The number of hydrogen-bond donors (Lipinski definition) is 1. The van der Waals surface area contributed by atoms with Crippen LogP contribution in [0.15, 0.2) is 42.9 Å². The van der Waals surface area contributed by atoms with E-state index in [9.17, 15) is 4.39 Å². The van der Waals surface area contributed by atoms with Gasteiger partial charge in [-0.2, -0.15) is 0 Å². The number of rotatable bonds is 5. The molecule has 0 aliphatic carbocycles. The van der Waals surface area contributed by atoms with Gasteiger partial charge in [-0.3, -0.25) is 4.98 Å². The van der Waals surface area contributed by atoms with E-state index < -0.39 is 0 Å². The van der Waals surface area contributed by atoms with Crippen LogP contribution in [0.1, 0.15) is 30.0 Å². The van der Waals surface area contributed by atoms with E-state index in [2.05, 4.69) is 20.6 Å². The molecule has 7 heteroatoms. The fraction of sp³-hybridized carbons (Fsp3) is 0.350. The minimum atomic E-state index is -0.307. The Hall–Kier alpha value is -2.80. The van der Waals surface area contributed by atoms with Crippen molar-refractivity contribution in [2.45, 2.75) is 25.3 Å². The summed E-state index contributed by atoms with van der Waals surface area (Å²) in [7, 11) is 1.57. The van der Waals surface area contributed by atoms with Crippen molar-refractivity contribution in [3.63, 3.8) is 0 Å². The Labute approximate surface area is 157 Å². The number of hydrogen-bond acceptors (Lipinski definition) is 5. The summed E-state index contributed by atoms with van der Waals surface area (Å²) in [6.07, 6.45) is 7.81. The number of nitrogens with one attached hydrogen (secondary N) is 1. The Bertz CT molecular complexity index is 920. The van der Waals surface area contributed by atoms with Gasteiger partial charge in [0.2, 0.25) is 0 Å². The van der Waals surface area contributed by atoms with Gasteiger partial charge in [0.1, 0.15) is 11.6 Å². The number of halogens is 1. The standard InChI is InChI=1S/C20H22FN5O/c1-27-20-5-4-17(21)8-18(20)16-7-14(9-23-11-16)12-26-13-19(24-25-26)15-3-2-6-22-10-15/h4-5,7-9,11,13,15,22H,2-3,6,10,12H2,1H3. The maximum atomic E-state index is 13.7. The van der Waals surface area contributed by atoms with Crippen LogP contribution >= 0.6 is 0 Å². The number of methoxy groups -OCH3 is 1. The number of pyridine rings is 1. The largest absolute Gasteiger partial charge is 0.496 e. The predicted octanol–water partition coefficient (Wildman–Crippen LogP) is 3.00. The second kappa shape index (κ2) is 7.84. The molecule has 2 aromatic heterocycles. The van der Waals surface area contributed by atoms with Crippen LogP contribution in [0.25, 0.3) is 11.1 Å². The lowest BCUT2D eigenvalue weighted by molar-refractivity contribution is 0.415. The van der Waals surface area contributed by atoms with Gasteiger partial charge in [0.15, 0.2) is 0 Å². The number of nitrogens with zero attached hydrogens (tertiary/aromatic N) is 4. The molecule has 1 saturated heterocycles. The summed E-state index contributed by atoms with van der Waals surface area (Å²) in [6, 6.07) is 6.45. The number of piperidine rings is 1. The molecular weight excluding hydrogens is 345 g/mol. The molecule has 4 rings (SSSR count). The minimum absolute atomic E-state index is 0.307. The Balaban J connectivity index is 1.55. The van der Waals surface area contributed by atoms with Crippen molar-refractivity contribution < 1.29 is 9.13 Å². The number of ether oxygens (including phenoxy) is 1. The molecule has 1 fully saturated rings. The highest BCUT2D eigenvalue weighted by Crippen LogP contribution is 2.30. The molecule has 0 bridgehead atoms. The molecule has 140 valence electrons. The van der Waals surface area contributed by atoms with Crippen molar-refractivity contribution >= 4 is 0 Å². The third-order valence-corrected chi connectivity index (χ3v) is 4.88. The topological polar surface area (TPSA) is 64.9 Å². The van der Waals surface area contributed by atoms with Gasteiger partial charge in [0, 0.05) is 42.2 Å². The van der Waals surface area contributed by atoms with Gasteiger partial charge in [0.05, 0.1) is 19.3 Å². The number of benzene rings is 1. The SMILES string of the molecule is COc1ccc(F)cc1-c1cncc(Cn2cc(C3CCCNC3)nn2)c1. The Kier molecular flexibility index (Phi) is 5.11. The van der Waals surface area contributed by atoms with E-state index in [-0.39, 0.29) is 5.82 Å². The summed E-state index contributed by atoms with van der Waals surface area (Å²) >= 11 is 0. The molecule has 0 radical (unpaired) electrons. The third-order valence-electron chi connectivity index (χ3n) is 4.88. The molecule has 1 atom stereocenters. The first-order valence-corrected chi connectivity index (χ1v) is 9.11. The highest BCUT2D eigenvalue weighted by atomic mass is 19.1. The van der Waals surface area contributed by atoms with Crippen LogP contribution in [0, 0.1) is 5.82 Å². The van der Waals surface area contributed by atoms with Crippen molar-refractivity contribution in [3.8, 4) is 16.9 Å². The summed E-state index contributed by atoms with van der Waals surface area (Å²) in [5.74, 6) is 0.731. The van der Waals surface area contributed by atoms with Crippen molar-refractivity contribution in [2.75, 3.05) is 20.2 Å². The summed E-state index contributed by atoms with van der Waals surface area (Å²) in [6.45, 7) is 2.59. The van der Waals surface area contributed by atoms with Gasteiger partial charge in [-0.05, 0) is 49.2 Å². The molecule has 1 aliphatic heterocycles. The molecule has 0 saturated carbocycles. The summed E-state index contributed by atoms with van der Waals surface area (Å²) in [5, 5.41) is 12.0. The Morgan fingerprint density at radius 2 is 2.22 bits per heavy atom. The lowest BCUT2D eigenvalue weighted by Gasteiger charge is -2.20. The number of aromatic nitrogens is 4. The third kappa shape index (κ3) is 3.98. The highest BCUT2D eigenvalue weighted by Gasteiger charge is 2.18. The molecule has 27 heavy (non-hydrogen) atoms. The van der Waals surface area contributed by atoms with E-state index >= 15 is 0 Å². The van der Waals surface area contributed by atoms with Crippen LogP contribution in [0.3, 0.4) is 0 Å². The van der Waals surface area contributed by atoms with Gasteiger partial charge in [-0.25, -0.2) is 9.07 Å². The van der Waals surface area contributed by atoms with Gasteiger partial charge < -0.3 is 10.1 Å². The normalized spacial score (nSPS) is 17.0. The second-order valence-corrected chi connectivity index (χ2v) is 6.81. The van der Waals surface area contributed by atoms with Crippen molar-refractivity contribution in [2.24, 2.45) is 0 Å². The zero-order chi connectivity index (χ0) is 18.6. The predicted molar refractivity (Wildman–Crippen MR) is 100 cm³/mol. The first-order chi connectivity index (χ1) is 13.2. The molecule has 1 aliphatic rings. The van der Waals surface area contributed by atoms with Crippen molar-refractivity contribution in [1.82, 2.24) is 25.3 Å². The zero-order valence-electron chi connectivity index (χ0n) is 15.2. The van der Waals surface area contributed by atoms with E-state index in [0.29, 0.717) is 23.8 Å². The van der Waals surface area contributed by atoms with E-state index in [1.807, 2.05) is 16.9 Å². The Morgan fingerprint density at radius 3 is 3.04 bits per heavy atom. The van der Waals surface area contributed by atoms with Gasteiger partial charge >= 0.3 is 0 Å². The van der Waals surface area contributed by atoms with Crippen molar-refractivity contribution in [1.29, 1.82) is 0 Å². The zero-order valence-corrected chi connectivity index (χ0v) is 15.2. The maximum absolute atomic E-state index is 13.7. The summed E-state index contributed by atoms with van der Waals surface area (Å²) < 4.78 is 20.9. The fourth-order valence-corrected chi connectivity index (χ4v) is 3.50. The molecule has 3 heterocycles. The monoisotopic (exact) mass is 367 g/mol. The van der Waals surface area contributed by atoms with E-state index in [4.69, 9.17) is 4.74 Å². The summed E-state index contributed by atoms with van der Waals surface area (Å²) in [4.78, 5) is 4.31. The second-order valence-electron chi connectivity index (χ2n) is 6.81. The van der Waals surface area contributed by atoms with E-state index in [0.717, 1.165) is 36.3 Å². The van der Waals surface area contributed by atoms with E-state index in [1.54, 1.807) is 25.6 Å². The smallest absolute Gasteiger partial charge is 0.126 e. The molecule has 1 N–H and O–H groups in total. The molecule has 1 aromatic carbocycles. The van der Waals surface area contributed by atoms with Crippen LogP contribution in [0.2, 0.25) is 0 Å². The average Bonchev–Trinajstić information content (AvgIpc) is 3.17. The molecule has 0 amide bonds. The first-order valence-electron chi connectivity index (χ1n) is 9.11. The minimum Gasteiger partial charge on any atom is -0.496 e. The van der Waals surface area contributed by atoms with Crippen LogP contribution in [-0.2, 0) is 6.54 Å². The maximum Gasteiger partial charge on any atom is 0.126 e. The van der Waals surface area contributed by atoms with Gasteiger partial charge in [0.25, 0.3) is 0 Å². The highest BCUT2D eigenvalue weighted by molar-refractivity contribution is 5.70. The molecule has 6 nitrogen and oxygen atoms in total. The van der Waals surface area contributed by atoms with Crippen LogP contribution in [0.4, 0.5) is 4.39 Å².